The van der Waals surface area contributed by atoms with Gasteiger partial charge in [-0.25, -0.2) is 9.97 Å². The minimum absolute atomic E-state index is 0.402. The van der Waals surface area contributed by atoms with Gasteiger partial charge in [-0.1, -0.05) is 64.1 Å². The van der Waals surface area contributed by atoms with Gasteiger partial charge in [0.05, 0.1) is 40.4 Å². The Balaban J connectivity index is 1.68. The van der Waals surface area contributed by atoms with Crippen molar-refractivity contribution < 1.29 is 0 Å². The minimum Gasteiger partial charge on any atom is -0.255 e. The molecule has 0 saturated heterocycles. The second-order valence-electron chi connectivity index (χ2n) is 8.42. The van der Waals surface area contributed by atoms with Crippen LogP contribution < -0.4 is 0 Å². The molecule has 0 aliphatic heterocycles. The number of hydrogen-bond donors (Lipinski definition) is 0. The molecule has 0 unspecified atom stereocenters. The third-order valence-corrected chi connectivity index (χ3v) is 5.38. The van der Waals surface area contributed by atoms with E-state index in [1.165, 1.54) is 11.1 Å². The van der Waals surface area contributed by atoms with Gasteiger partial charge in [0.2, 0.25) is 0 Å². The van der Waals surface area contributed by atoms with E-state index in [2.05, 4.69) is 50.9 Å². The zero-order valence-electron chi connectivity index (χ0n) is 19.0. The van der Waals surface area contributed by atoms with E-state index in [1.807, 2.05) is 60.8 Å². The predicted octanol–water partition coefficient (Wildman–Crippen LogP) is 7.20. The van der Waals surface area contributed by atoms with Gasteiger partial charge in [-0.05, 0) is 59.4 Å². The van der Waals surface area contributed by atoms with Crippen molar-refractivity contribution in [3.05, 3.63) is 95.8 Å². The molecule has 0 amide bonds. The van der Waals surface area contributed by atoms with E-state index in [4.69, 9.17) is 15.0 Å². The smallest absolute Gasteiger partial charge is 0.0894 e. The van der Waals surface area contributed by atoms with Gasteiger partial charge < -0.3 is 0 Å². The summed E-state index contributed by atoms with van der Waals surface area (Å²) in [5.74, 6) is 0.803. The van der Waals surface area contributed by atoms with Gasteiger partial charge in [-0.15, -0.1) is 0 Å². The van der Waals surface area contributed by atoms with Crippen LogP contribution in [0.3, 0.4) is 0 Å². The Bertz CT molecular complexity index is 1200. The van der Waals surface area contributed by atoms with Gasteiger partial charge in [0.25, 0.3) is 0 Å². The van der Waals surface area contributed by atoms with E-state index < -0.39 is 0 Å². The molecule has 160 valence electrons. The molecule has 1 aromatic carbocycles. The lowest BCUT2D eigenvalue weighted by molar-refractivity contribution is 0.835. The van der Waals surface area contributed by atoms with E-state index in [1.54, 1.807) is 6.20 Å². The van der Waals surface area contributed by atoms with Crippen molar-refractivity contribution >= 4 is 11.9 Å². The molecule has 0 spiro atoms. The number of nitrogens with zero attached hydrogens (tertiary/aromatic N) is 4. The third kappa shape index (κ3) is 4.80. The van der Waals surface area contributed by atoms with Gasteiger partial charge in [0, 0.05) is 6.20 Å². The highest BCUT2D eigenvalue weighted by Crippen LogP contribution is 2.34. The Hall–Kier alpha value is -3.66. The summed E-state index contributed by atoms with van der Waals surface area (Å²) in [5, 5.41) is 0. The van der Waals surface area contributed by atoms with Gasteiger partial charge in [-0.3, -0.25) is 9.98 Å². The highest BCUT2D eigenvalue weighted by atomic mass is 14.8. The Labute approximate surface area is 190 Å². The standard InChI is InChI=1S/C28H28N4/c1-19(2)22-11-8-12-23(20(3)4)28(22)30-18-21-10-7-14-26(31-21)27-16-9-15-25(32-27)24-13-5-6-17-29-24/h5-20H,1-4H3. The minimum atomic E-state index is 0.402. The molecule has 0 bridgehead atoms. The van der Waals surface area contributed by atoms with Crippen LogP contribution in [-0.2, 0) is 0 Å². The summed E-state index contributed by atoms with van der Waals surface area (Å²) in [7, 11) is 0. The Morgan fingerprint density at radius 1 is 0.625 bits per heavy atom. The second kappa shape index (κ2) is 9.65. The molecule has 0 N–H and O–H groups in total. The summed E-state index contributed by atoms with van der Waals surface area (Å²) in [6.07, 6.45) is 3.64. The maximum Gasteiger partial charge on any atom is 0.0894 e. The normalized spacial score (nSPS) is 11.6. The highest BCUT2D eigenvalue weighted by molar-refractivity contribution is 5.82. The van der Waals surface area contributed by atoms with Crippen molar-refractivity contribution in [3.8, 4) is 22.8 Å². The fourth-order valence-electron chi connectivity index (χ4n) is 3.69. The average molecular weight is 421 g/mol. The van der Waals surface area contributed by atoms with Crippen molar-refractivity contribution in [2.45, 2.75) is 39.5 Å². The number of para-hydroxylation sites is 1. The summed E-state index contributed by atoms with van der Waals surface area (Å²) in [6.45, 7) is 8.82. The number of aromatic nitrogens is 3. The molecule has 0 aliphatic carbocycles. The van der Waals surface area contributed by atoms with Crippen LogP contribution in [0.1, 0.15) is 56.4 Å². The van der Waals surface area contributed by atoms with Crippen molar-refractivity contribution in [3.63, 3.8) is 0 Å². The number of hydrogen-bond acceptors (Lipinski definition) is 4. The van der Waals surface area contributed by atoms with Gasteiger partial charge in [-0.2, -0.15) is 0 Å². The summed E-state index contributed by atoms with van der Waals surface area (Å²) in [6, 6.07) is 24.2. The molecule has 4 aromatic rings. The van der Waals surface area contributed by atoms with Crippen LogP contribution >= 0.6 is 0 Å². The lowest BCUT2D eigenvalue weighted by Gasteiger charge is -2.16. The van der Waals surface area contributed by atoms with Crippen molar-refractivity contribution in [1.82, 2.24) is 15.0 Å². The second-order valence-corrected chi connectivity index (χ2v) is 8.42. The Kier molecular flexibility index (Phi) is 6.50. The quantitative estimate of drug-likeness (QED) is 0.310. The lowest BCUT2D eigenvalue weighted by atomic mass is 9.93. The first-order valence-electron chi connectivity index (χ1n) is 11.1. The highest BCUT2D eigenvalue weighted by Gasteiger charge is 2.13. The van der Waals surface area contributed by atoms with Gasteiger partial charge in [0.1, 0.15) is 0 Å². The molecular weight excluding hydrogens is 392 g/mol. The van der Waals surface area contributed by atoms with Crippen LogP contribution in [0.15, 0.2) is 84.0 Å². The molecule has 32 heavy (non-hydrogen) atoms. The summed E-state index contributed by atoms with van der Waals surface area (Å²) in [4.78, 5) is 18.9. The molecule has 0 atom stereocenters. The van der Waals surface area contributed by atoms with Crippen LogP contribution in [0, 0.1) is 0 Å². The van der Waals surface area contributed by atoms with E-state index in [-0.39, 0.29) is 0 Å². The van der Waals surface area contributed by atoms with Crippen LogP contribution in [0.4, 0.5) is 5.69 Å². The Morgan fingerprint density at radius 3 is 1.81 bits per heavy atom. The first-order valence-corrected chi connectivity index (χ1v) is 11.1. The van der Waals surface area contributed by atoms with E-state index >= 15 is 0 Å². The SMILES string of the molecule is CC(C)c1cccc(C(C)C)c1N=Cc1cccc(-c2cccc(-c3ccccn3)n2)n1. The number of pyridine rings is 3. The van der Waals surface area contributed by atoms with E-state index in [0.717, 1.165) is 34.2 Å². The fraction of sp³-hybridized carbons (Fsp3) is 0.214. The molecule has 0 saturated carbocycles. The lowest BCUT2D eigenvalue weighted by Crippen LogP contribution is -1.97. The summed E-state index contributed by atoms with van der Waals surface area (Å²) < 4.78 is 0. The zero-order chi connectivity index (χ0) is 22.5. The summed E-state index contributed by atoms with van der Waals surface area (Å²) in [5.41, 5.74) is 7.68. The van der Waals surface area contributed by atoms with Gasteiger partial charge >= 0.3 is 0 Å². The average Bonchev–Trinajstić information content (AvgIpc) is 2.83. The third-order valence-electron chi connectivity index (χ3n) is 5.38. The fourth-order valence-corrected chi connectivity index (χ4v) is 3.69. The monoisotopic (exact) mass is 420 g/mol. The van der Waals surface area contributed by atoms with Crippen molar-refractivity contribution in [1.29, 1.82) is 0 Å². The van der Waals surface area contributed by atoms with Crippen molar-refractivity contribution in [2.75, 3.05) is 0 Å². The maximum atomic E-state index is 4.90. The first kappa shape index (κ1) is 21.6. The molecule has 0 aliphatic rings. The topological polar surface area (TPSA) is 51.0 Å². The van der Waals surface area contributed by atoms with Crippen molar-refractivity contribution in [2.24, 2.45) is 4.99 Å². The van der Waals surface area contributed by atoms with E-state index in [9.17, 15) is 0 Å². The molecule has 0 fully saturated rings. The van der Waals surface area contributed by atoms with Gasteiger partial charge in [0.15, 0.2) is 0 Å². The maximum absolute atomic E-state index is 4.90. The van der Waals surface area contributed by atoms with E-state index in [0.29, 0.717) is 11.8 Å². The molecule has 4 rings (SSSR count). The van der Waals surface area contributed by atoms with Crippen LogP contribution in [0.25, 0.3) is 22.8 Å². The largest absolute Gasteiger partial charge is 0.255 e. The van der Waals surface area contributed by atoms with Crippen LogP contribution in [0.5, 0.6) is 0 Å². The number of rotatable bonds is 6. The molecule has 3 heterocycles. The summed E-state index contributed by atoms with van der Waals surface area (Å²) >= 11 is 0. The number of benzene rings is 1. The number of aliphatic imine (C=N–C) groups is 1. The zero-order valence-corrected chi connectivity index (χ0v) is 19.0. The van der Waals surface area contributed by atoms with Crippen LogP contribution in [-0.4, -0.2) is 21.2 Å². The molecule has 4 nitrogen and oxygen atoms in total. The molecule has 3 aromatic heterocycles. The molecule has 0 radical (unpaired) electrons. The first-order chi connectivity index (χ1) is 15.5. The Morgan fingerprint density at radius 2 is 1.19 bits per heavy atom. The predicted molar refractivity (Wildman–Crippen MR) is 133 cm³/mol. The molecular formula is C28H28N4. The molecule has 4 heteroatoms. The van der Waals surface area contributed by atoms with Crippen LogP contribution in [0.2, 0.25) is 0 Å².